The molecule has 1 fully saturated rings. The van der Waals surface area contributed by atoms with E-state index in [0.717, 1.165) is 12.8 Å². The van der Waals surface area contributed by atoms with Crippen LogP contribution < -0.4 is 11.1 Å². The molecule has 0 aromatic carbocycles. The molecule has 17 heavy (non-hydrogen) atoms. The summed E-state index contributed by atoms with van der Waals surface area (Å²) in [6, 6.07) is 0.0686. The van der Waals surface area contributed by atoms with Crippen molar-refractivity contribution in [1.29, 1.82) is 0 Å². The van der Waals surface area contributed by atoms with Crippen molar-refractivity contribution in [2.75, 3.05) is 19.8 Å². The summed E-state index contributed by atoms with van der Waals surface area (Å²) in [5.74, 6) is -0.353. The Bertz CT molecular complexity index is 247. The minimum atomic E-state index is -0.378. The van der Waals surface area contributed by atoms with Crippen LogP contribution in [0, 0.1) is 0 Å². The van der Waals surface area contributed by atoms with E-state index in [1.807, 2.05) is 20.8 Å². The SMILES string of the molecule is CC(C)(C)OCCOCC(NC1CC1)C(N)=O. The van der Waals surface area contributed by atoms with Crippen molar-refractivity contribution in [3.8, 4) is 0 Å². The molecule has 1 amide bonds. The van der Waals surface area contributed by atoms with Gasteiger partial charge >= 0.3 is 0 Å². The molecule has 0 saturated heterocycles. The molecule has 3 N–H and O–H groups in total. The smallest absolute Gasteiger partial charge is 0.236 e. The maximum absolute atomic E-state index is 11.1. The number of ether oxygens (including phenoxy) is 2. The van der Waals surface area contributed by atoms with Crippen molar-refractivity contribution in [2.24, 2.45) is 5.73 Å². The molecule has 1 aliphatic rings. The third kappa shape index (κ3) is 7.31. The largest absolute Gasteiger partial charge is 0.377 e. The third-order valence-corrected chi connectivity index (χ3v) is 2.40. The minimum absolute atomic E-state index is 0.154. The first-order valence-electron chi connectivity index (χ1n) is 6.15. The highest BCUT2D eigenvalue weighted by Crippen LogP contribution is 2.19. The highest BCUT2D eigenvalue weighted by Gasteiger charge is 2.27. The number of nitrogens with two attached hydrogens (primary N) is 1. The summed E-state index contributed by atoms with van der Waals surface area (Å²) in [5, 5.41) is 3.16. The van der Waals surface area contributed by atoms with E-state index < -0.39 is 0 Å². The van der Waals surface area contributed by atoms with E-state index in [-0.39, 0.29) is 17.6 Å². The maximum Gasteiger partial charge on any atom is 0.236 e. The molecule has 5 heteroatoms. The predicted octanol–water partition coefficient (Wildman–Crippen LogP) is 0.424. The normalized spacial score (nSPS) is 18.1. The van der Waals surface area contributed by atoms with Gasteiger partial charge < -0.3 is 20.5 Å². The maximum atomic E-state index is 11.1. The lowest BCUT2D eigenvalue weighted by atomic mass is 10.2. The van der Waals surface area contributed by atoms with Crippen molar-refractivity contribution in [2.45, 2.75) is 51.3 Å². The van der Waals surface area contributed by atoms with Gasteiger partial charge in [-0.15, -0.1) is 0 Å². The fraction of sp³-hybridized carbons (Fsp3) is 0.917. The Hall–Kier alpha value is -0.650. The molecule has 0 aromatic heterocycles. The minimum Gasteiger partial charge on any atom is -0.377 e. The van der Waals surface area contributed by atoms with Gasteiger partial charge in [-0.3, -0.25) is 4.79 Å². The molecule has 0 aliphatic heterocycles. The van der Waals surface area contributed by atoms with Gasteiger partial charge in [0.25, 0.3) is 0 Å². The van der Waals surface area contributed by atoms with Gasteiger partial charge in [0.1, 0.15) is 6.04 Å². The van der Waals surface area contributed by atoms with Gasteiger partial charge in [0.15, 0.2) is 0 Å². The number of rotatable bonds is 8. The quantitative estimate of drug-likeness (QED) is 0.607. The monoisotopic (exact) mass is 244 g/mol. The van der Waals surface area contributed by atoms with Gasteiger partial charge in [0.2, 0.25) is 5.91 Å². The third-order valence-electron chi connectivity index (χ3n) is 2.40. The van der Waals surface area contributed by atoms with Crippen LogP contribution in [0.5, 0.6) is 0 Å². The van der Waals surface area contributed by atoms with Crippen molar-refractivity contribution in [3.63, 3.8) is 0 Å². The fourth-order valence-electron chi connectivity index (χ4n) is 1.35. The van der Waals surface area contributed by atoms with E-state index >= 15 is 0 Å². The van der Waals surface area contributed by atoms with Gasteiger partial charge in [-0.25, -0.2) is 0 Å². The average Bonchev–Trinajstić information content (AvgIpc) is 2.97. The predicted molar refractivity (Wildman–Crippen MR) is 65.7 cm³/mol. The van der Waals surface area contributed by atoms with Crippen molar-refractivity contribution in [3.05, 3.63) is 0 Å². The number of carbonyl (C=O) groups is 1. The lowest BCUT2D eigenvalue weighted by Crippen LogP contribution is -2.45. The van der Waals surface area contributed by atoms with E-state index in [2.05, 4.69) is 5.32 Å². The highest BCUT2D eigenvalue weighted by molar-refractivity contribution is 5.80. The Morgan fingerprint density at radius 1 is 1.41 bits per heavy atom. The summed E-state index contributed by atoms with van der Waals surface area (Å²) in [4.78, 5) is 11.1. The second-order valence-electron chi connectivity index (χ2n) is 5.43. The number of hydrogen-bond acceptors (Lipinski definition) is 4. The first kappa shape index (κ1) is 14.4. The van der Waals surface area contributed by atoms with Gasteiger partial charge in [0.05, 0.1) is 25.4 Å². The van der Waals surface area contributed by atoms with E-state index in [1.54, 1.807) is 0 Å². The second kappa shape index (κ2) is 6.33. The molecule has 0 spiro atoms. The van der Waals surface area contributed by atoms with E-state index in [4.69, 9.17) is 15.2 Å². The zero-order valence-electron chi connectivity index (χ0n) is 11.0. The number of nitrogens with one attached hydrogen (secondary N) is 1. The Kier molecular flexibility index (Phi) is 5.36. The summed E-state index contributed by atoms with van der Waals surface area (Å²) in [5.41, 5.74) is 5.13. The Balaban J connectivity index is 2.07. The zero-order valence-corrected chi connectivity index (χ0v) is 11.0. The van der Waals surface area contributed by atoms with Gasteiger partial charge in [-0.1, -0.05) is 0 Å². The molecular formula is C12H24N2O3. The molecule has 0 aromatic rings. The van der Waals surface area contributed by atoms with E-state index in [9.17, 15) is 4.79 Å². The van der Waals surface area contributed by atoms with E-state index in [0.29, 0.717) is 25.9 Å². The molecule has 0 radical (unpaired) electrons. The molecule has 1 rings (SSSR count). The van der Waals surface area contributed by atoms with Crippen LogP contribution in [0.15, 0.2) is 0 Å². The van der Waals surface area contributed by atoms with Crippen LogP contribution in [-0.2, 0) is 14.3 Å². The van der Waals surface area contributed by atoms with Crippen LogP contribution in [0.1, 0.15) is 33.6 Å². The molecule has 5 nitrogen and oxygen atoms in total. The molecule has 1 saturated carbocycles. The number of amides is 1. The molecule has 1 aliphatic carbocycles. The average molecular weight is 244 g/mol. The molecule has 100 valence electrons. The van der Waals surface area contributed by atoms with Crippen molar-refractivity contribution in [1.82, 2.24) is 5.32 Å². The summed E-state index contributed by atoms with van der Waals surface area (Å²) in [6.07, 6.45) is 2.24. The Labute approximate surface area is 103 Å². The van der Waals surface area contributed by atoms with Gasteiger partial charge in [0, 0.05) is 6.04 Å². The number of hydrogen-bond donors (Lipinski definition) is 2. The number of primary amides is 1. The molecule has 0 heterocycles. The van der Waals surface area contributed by atoms with Gasteiger partial charge in [-0.2, -0.15) is 0 Å². The van der Waals surface area contributed by atoms with Crippen molar-refractivity contribution < 1.29 is 14.3 Å². The fourth-order valence-corrected chi connectivity index (χ4v) is 1.35. The van der Waals surface area contributed by atoms with E-state index in [1.165, 1.54) is 0 Å². The van der Waals surface area contributed by atoms with Crippen LogP contribution >= 0.6 is 0 Å². The first-order valence-corrected chi connectivity index (χ1v) is 6.15. The lowest BCUT2D eigenvalue weighted by Gasteiger charge is -2.20. The first-order chi connectivity index (χ1) is 7.88. The summed E-state index contributed by atoms with van der Waals surface area (Å²) >= 11 is 0. The van der Waals surface area contributed by atoms with Gasteiger partial charge in [-0.05, 0) is 33.6 Å². The van der Waals surface area contributed by atoms with Crippen LogP contribution in [0.4, 0.5) is 0 Å². The van der Waals surface area contributed by atoms with Crippen LogP contribution in [0.3, 0.4) is 0 Å². The second-order valence-corrected chi connectivity index (χ2v) is 5.43. The molecule has 1 unspecified atom stereocenters. The summed E-state index contributed by atoms with van der Waals surface area (Å²) in [7, 11) is 0. The molecule has 0 bridgehead atoms. The summed E-state index contributed by atoms with van der Waals surface area (Å²) in [6.45, 7) is 7.31. The van der Waals surface area contributed by atoms with Crippen LogP contribution in [0.25, 0.3) is 0 Å². The van der Waals surface area contributed by atoms with Crippen LogP contribution in [0.2, 0.25) is 0 Å². The van der Waals surface area contributed by atoms with Crippen molar-refractivity contribution >= 4 is 5.91 Å². The number of carbonyl (C=O) groups excluding carboxylic acids is 1. The topological polar surface area (TPSA) is 73.6 Å². The molecular weight excluding hydrogens is 220 g/mol. The Morgan fingerprint density at radius 3 is 2.53 bits per heavy atom. The standard InChI is InChI=1S/C12H24N2O3/c1-12(2,3)17-7-6-16-8-10(11(13)15)14-9-4-5-9/h9-10,14H,4-8H2,1-3H3,(H2,13,15). The summed E-state index contributed by atoms with van der Waals surface area (Å²) < 4.78 is 10.9. The highest BCUT2D eigenvalue weighted by atomic mass is 16.5. The Morgan fingerprint density at radius 2 is 2.06 bits per heavy atom. The van der Waals surface area contributed by atoms with Crippen LogP contribution in [-0.4, -0.2) is 43.4 Å². The lowest BCUT2D eigenvalue weighted by molar-refractivity contribution is -0.122. The molecule has 1 atom stereocenters. The zero-order chi connectivity index (χ0) is 12.9.